The third-order valence-electron chi connectivity index (χ3n) is 2.43. The van der Waals surface area contributed by atoms with Crippen molar-refractivity contribution in [2.24, 2.45) is 0 Å². The molecule has 0 spiro atoms. The first-order valence-corrected chi connectivity index (χ1v) is 5.58. The molecular formula is C12H11ClN4O. The van der Waals surface area contributed by atoms with Crippen LogP contribution in [0.15, 0.2) is 30.7 Å². The first-order chi connectivity index (χ1) is 8.61. The summed E-state index contributed by atoms with van der Waals surface area (Å²) < 4.78 is 0. The highest BCUT2D eigenvalue weighted by Crippen LogP contribution is 2.24. The zero-order valence-corrected chi connectivity index (χ0v) is 10.4. The van der Waals surface area contributed by atoms with Gasteiger partial charge in [-0.2, -0.15) is 0 Å². The van der Waals surface area contributed by atoms with Crippen molar-refractivity contribution in [2.45, 2.75) is 0 Å². The fourth-order valence-corrected chi connectivity index (χ4v) is 1.59. The normalized spacial score (nSPS) is 10.1. The number of pyridine rings is 2. The van der Waals surface area contributed by atoms with Crippen LogP contribution in [0.4, 0.5) is 5.69 Å². The molecule has 2 rings (SSSR count). The molecule has 18 heavy (non-hydrogen) atoms. The molecule has 1 amide bonds. The van der Waals surface area contributed by atoms with Crippen LogP contribution in [-0.2, 0) is 0 Å². The Morgan fingerprint density at radius 3 is 2.67 bits per heavy atom. The molecule has 0 saturated carbocycles. The van der Waals surface area contributed by atoms with Crippen molar-refractivity contribution in [3.63, 3.8) is 0 Å². The summed E-state index contributed by atoms with van der Waals surface area (Å²) in [6, 6.07) is 3.41. The molecule has 0 aliphatic carbocycles. The number of aromatic nitrogens is 2. The number of nitrogens with zero attached hydrogens (tertiary/aromatic N) is 2. The summed E-state index contributed by atoms with van der Waals surface area (Å²) in [7, 11) is 1.57. The molecule has 2 aromatic rings. The number of nitrogen functional groups attached to an aromatic ring is 1. The Hall–Kier alpha value is -2.14. The second-order valence-corrected chi connectivity index (χ2v) is 4.00. The largest absolute Gasteiger partial charge is 0.396 e. The van der Waals surface area contributed by atoms with Crippen LogP contribution in [0.3, 0.4) is 0 Å². The zero-order valence-electron chi connectivity index (χ0n) is 9.64. The lowest BCUT2D eigenvalue weighted by Crippen LogP contribution is -2.17. The van der Waals surface area contributed by atoms with E-state index in [2.05, 4.69) is 15.3 Å². The fraction of sp³-hybridized carbons (Fsp3) is 0.0833. The second-order valence-electron chi connectivity index (χ2n) is 3.65. The van der Waals surface area contributed by atoms with Crippen molar-refractivity contribution >= 4 is 23.2 Å². The van der Waals surface area contributed by atoms with Gasteiger partial charge >= 0.3 is 0 Å². The van der Waals surface area contributed by atoms with Crippen LogP contribution >= 0.6 is 11.6 Å². The Labute approximate surface area is 109 Å². The van der Waals surface area contributed by atoms with Gasteiger partial charge in [0.25, 0.3) is 5.91 Å². The Balaban J connectivity index is 2.44. The molecule has 92 valence electrons. The predicted molar refractivity (Wildman–Crippen MR) is 70.3 cm³/mol. The Bertz CT molecular complexity index is 600. The minimum Gasteiger partial charge on any atom is -0.396 e. The average Bonchev–Trinajstić information content (AvgIpc) is 2.41. The molecule has 0 unspecified atom stereocenters. The van der Waals surface area contributed by atoms with Gasteiger partial charge in [-0.05, 0) is 12.1 Å². The van der Waals surface area contributed by atoms with E-state index in [-0.39, 0.29) is 11.1 Å². The van der Waals surface area contributed by atoms with Crippen LogP contribution in [0.25, 0.3) is 11.1 Å². The maximum atomic E-state index is 11.5. The number of rotatable bonds is 2. The molecule has 0 fully saturated rings. The van der Waals surface area contributed by atoms with E-state index in [9.17, 15) is 4.79 Å². The van der Waals surface area contributed by atoms with Gasteiger partial charge in [-0.25, -0.2) is 4.98 Å². The van der Waals surface area contributed by atoms with Crippen molar-refractivity contribution in [3.05, 3.63) is 41.4 Å². The third kappa shape index (κ3) is 2.41. The number of nitrogens with two attached hydrogens (primary N) is 1. The van der Waals surface area contributed by atoms with Gasteiger partial charge < -0.3 is 11.1 Å². The minimum absolute atomic E-state index is 0.195. The number of hydrogen-bond donors (Lipinski definition) is 2. The highest BCUT2D eigenvalue weighted by atomic mass is 35.5. The quantitative estimate of drug-likeness (QED) is 0.808. The number of carbonyl (C=O) groups excluding carboxylic acids is 1. The summed E-state index contributed by atoms with van der Waals surface area (Å²) in [6.07, 6.45) is 4.72. The van der Waals surface area contributed by atoms with Crippen LogP contribution in [-0.4, -0.2) is 22.9 Å². The molecule has 6 heteroatoms. The topological polar surface area (TPSA) is 80.9 Å². The number of hydrogen-bond acceptors (Lipinski definition) is 4. The summed E-state index contributed by atoms with van der Waals surface area (Å²) >= 11 is 5.76. The van der Waals surface area contributed by atoms with E-state index in [0.29, 0.717) is 11.3 Å². The van der Waals surface area contributed by atoms with E-state index < -0.39 is 0 Å². The van der Waals surface area contributed by atoms with Gasteiger partial charge in [0.05, 0.1) is 11.3 Å². The maximum Gasteiger partial charge on any atom is 0.252 e. The third-order valence-corrected chi connectivity index (χ3v) is 2.74. The van der Waals surface area contributed by atoms with Crippen molar-refractivity contribution < 1.29 is 4.79 Å². The summed E-state index contributed by atoms with van der Waals surface area (Å²) in [6.45, 7) is 0. The van der Waals surface area contributed by atoms with E-state index in [4.69, 9.17) is 17.3 Å². The van der Waals surface area contributed by atoms with Gasteiger partial charge in [-0.15, -0.1) is 0 Å². The zero-order chi connectivity index (χ0) is 13.1. The van der Waals surface area contributed by atoms with Crippen molar-refractivity contribution in [2.75, 3.05) is 12.8 Å². The molecular weight excluding hydrogens is 252 g/mol. The first kappa shape index (κ1) is 12.3. The van der Waals surface area contributed by atoms with Gasteiger partial charge in [-0.1, -0.05) is 11.6 Å². The Morgan fingerprint density at radius 2 is 2.00 bits per heavy atom. The van der Waals surface area contributed by atoms with Gasteiger partial charge in [-0.3, -0.25) is 9.78 Å². The number of halogens is 1. The number of nitrogens with one attached hydrogen (secondary N) is 1. The van der Waals surface area contributed by atoms with E-state index in [1.807, 2.05) is 0 Å². The monoisotopic (exact) mass is 262 g/mol. The predicted octanol–water partition coefficient (Wildman–Crippen LogP) is 1.74. The number of amides is 1. The van der Waals surface area contributed by atoms with E-state index in [0.717, 1.165) is 11.1 Å². The molecule has 0 radical (unpaired) electrons. The summed E-state index contributed by atoms with van der Waals surface area (Å²) in [5.41, 5.74) is 8.07. The smallest absolute Gasteiger partial charge is 0.252 e. The minimum atomic E-state index is -0.195. The molecule has 5 nitrogen and oxygen atoms in total. The summed E-state index contributed by atoms with van der Waals surface area (Å²) in [5.74, 6) is -0.195. The number of carbonyl (C=O) groups is 1. The van der Waals surface area contributed by atoms with Crippen LogP contribution in [0.5, 0.6) is 0 Å². The average molecular weight is 263 g/mol. The first-order valence-electron chi connectivity index (χ1n) is 5.20. The van der Waals surface area contributed by atoms with Crippen molar-refractivity contribution in [1.82, 2.24) is 15.3 Å². The van der Waals surface area contributed by atoms with E-state index >= 15 is 0 Å². The Morgan fingerprint density at radius 1 is 1.28 bits per heavy atom. The SMILES string of the molecule is CNC(=O)c1cncc(-c2cnc(Cl)c(N)c2)c1. The van der Waals surface area contributed by atoms with E-state index in [1.165, 1.54) is 6.20 Å². The lowest BCUT2D eigenvalue weighted by Gasteiger charge is -2.05. The maximum absolute atomic E-state index is 11.5. The molecule has 0 aliphatic heterocycles. The molecule has 0 atom stereocenters. The molecule has 2 aromatic heterocycles. The second kappa shape index (κ2) is 5.01. The van der Waals surface area contributed by atoms with Gasteiger partial charge in [0, 0.05) is 36.8 Å². The van der Waals surface area contributed by atoms with Gasteiger partial charge in [0.15, 0.2) is 5.15 Å². The van der Waals surface area contributed by atoms with E-state index in [1.54, 1.807) is 31.6 Å². The van der Waals surface area contributed by atoms with Crippen LogP contribution in [0.2, 0.25) is 5.15 Å². The number of anilines is 1. The van der Waals surface area contributed by atoms with Crippen LogP contribution in [0.1, 0.15) is 10.4 Å². The van der Waals surface area contributed by atoms with Crippen LogP contribution in [0, 0.1) is 0 Å². The molecule has 0 saturated heterocycles. The summed E-state index contributed by atoms with van der Waals surface area (Å²) in [5, 5.41) is 2.80. The highest BCUT2D eigenvalue weighted by molar-refractivity contribution is 6.31. The lowest BCUT2D eigenvalue weighted by molar-refractivity contribution is 0.0963. The summed E-state index contributed by atoms with van der Waals surface area (Å²) in [4.78, 5) is 19.5. The standard InChI is InChI=1S/C12H11ClN4O/c1-15-12(18)9-2-7(4-16-5-9)8-3-10(14)11(13)17-6-8/h2-6H,14H2,1H3,(H,15,18). The molecule has 0 bridgehead atoms. The molecule has 0 aromatic carbocycles. The Kier molecular flexibility index (Phi) is 3.43. The van der Waals surface area contributed by atoms with Crippen molar-refractivity contribution in [3.8, 4) is 11.1 Å². The highest BCUT2D eigenvalue weighted by Gasteiger charge is 2.07. The molecule has 0 aliphatic rings. The van der Waals surface area contributed by atoms with Crippen molar-refractivity contribution in [1.29, 1.82) is 0 Å². The fourth-order valence-electron chi connectivity index (χ4n) is 1.49. The van der Waals surface area contributed by atoms with Gasteiger partial charge in [0.2, 0.25) is 0 Å². The lowest BCUT2D eigenvalue weighted by atomic mass is 10.1. The van der Waals surface area contributed by atoms with Crippen LogP contribution < -0.4 is 11.1 Å². The van der Waals surface area contributed by atoms with Gasteiger partial charge in [0.1, 0.15) is 0 Å². The molecule has 3 N–H and O–H groups in total. The molecule has 2 heterocycles.